The molecule has 2 heterocycles. The second kappa shape index (κ2) is 6.54. The SMILES string of the molecule is CCc1nccn1CCNC(=O)[C@@H]1CC(=O)N(CC)C1. The monoisotopic (exact) mass is 278 g/mol. The fourth-order valence-electron chi connectivity index (χ4n) is 2.56. The van der Waals surface area contributed by atoms with Crippen LogP contribution in [0.4, 0.5) is 0 Å². The lowest BCUT2D eigenvalue weighted by atomic mass is 10.1. The summed E-state index contributed by atoms with van der Waals surface area (Å²) in [7, 11) is 0. The van der Waals surface area contributed by atoms with Crippen LogP contribution < -0.4 is 5.32 Å². The first-order chi connectivity index (χ1) is 9.65. The number of nitrogens with zero attached hydrogens (tertiary/aromatic N) is 3. The Labute approximate surface area is 119 Å². The Morgan fingerprint density at radius 1 is 1.50 bits per heavy atom. The standard InChI is InChI=1S/C14H22N4O2/c1-3-12-15-5-7-18(12)8-6-16-14(20)11-9-13(19)17(4-2)10-11/h5,7,11H,3-4,6,8-10H2,1-2H3,(H,16,20)/t11-/m1/s1. The van der Waals surface area contributed by atoms with Crippen LogP contribution in [-0.2, 0) is 22.6 Å². The quantitative estimate of drug-likeness (QED) is 0.820. The molecule has 0 spiro atoms. The molecule has 20 heavy (non-hydrogen) atoms. The molecule has 1 aromatic rings. The number of carbonyl (C=O) groups is 2. The molecule has 2 rings (SSSR count). The van der Waals surface area contributed by atoms with E-state index in [9.17, 15) is 9.59 Å². The number of rotatable bonds is 6. The van der Waals surface area contributed by atoms with Gasteiger partial charge in [0.1, 0.15) is 5.82 Å². The van der Waals surface area contributed by atoms with Crippen LogP contribution >= 0.6 is 0 Å². The third kappa shape index (κ3) is 3.18. The van der Waals surface area contributed by atoms with Crippen molar-refractivity contribution >= 4 is 11.8 Å². The van der Waals surface area contributed by atoms with Gasteiger partial charge in [0, 0.05) is 51.4 Å². The van der Waals surface area contributed by atoms with E-state index in [1.165, 1.54) is 0 Å². The molecule has 1 atom stereocenters. The number of hydrogen-bond acceptors (Lipinski definition) is 3. The number of aryl methyl sites for hydroxylation is 1. The van der Waals surface area contributed by atoms with Crippen LogP contribution in [0.1, 0.15) is 26.1 Å². The van der Waals surface area contributed by atoms with Gasteiger partial charge >= 0.3 is 0 Å². The van der Waals surface area contributed by atoms with Gasteiger partial charge in [-0.3, -0.25) is 9.59 Å². The summed E-state index contributed by atoms with van der Waals surface area (Å²) in [4.78, 5) is 29.6. The van der Waals surface area contributed by atoms with Crippen molar-refractivity contribution in [1.82, 2.24) is 19.8 Å². The fourth-order valence-corrected chi connectivity index (χ4v) is 2.56. The zero-order chi connectivity index (χ0) is 14.5. The first kappa shape index (κ1) is 14.6. The van der Waals surface area contributed by atoms with Gasteiger partial charge in [0.2, 0.25) is 11.8 Å². The third-order valence-corrected chi connectivity index (χ3v) is 3.74. The van der Waals surface area contributed by atoms with Crippen molar-refractivity contribution in [1.29, 1.82) is 0 Å². The minimum atomic E-state index is -0.198. The molecule has 1 saturated heterocycles. The minimum Gasteiger partial charge on any atom is -0.354 e. The summed E-state index contributed by atoms with van der Waals surface area (Å²) in [5, 5.41) is 2.91. The van der Waals surface area contributed by atoms with Gasteiger partial charge in [0.15, 0.2) is 0 Å². The molecule has 1 fully saturated rings. The highest BCUT2D eigenvalue weighted by molar-refractivity contribution is 5.89. The Morgan fingerprint density at radius 3 is 2.95 bits per heavy atom. The summed E-state index contributed by atoms with van der Waals surface area (Å²) < 4.78 is 2.04. The van der Waals surface area contributed by atoms with Crippen LogP contribution in [0.25, 0.3) is 0 Å². The fraction of sp³-hybridized carbons (Fsp3) is 0.643. The van der Waals surface area contributed by atoms with Gasteiger partial charge < -0.3 is 14.8 Å². The average Bonchev–Trinajstić information content (AvgIpc) is 3.04. The number of likely N-dealkylation sites (tertiary alicyclic amines) is 1. The molecule has 1 aromatic heterocycles. The lowest BCUT2D eigenvalue weighted by Gasteiger charge is -2.14. The summed E-state index contributed by atoms with van der Waals surface area (Å²) in [5.41, 5.74) is 0. The molecule has 110 valence electrons. The van der Waals surface area contributed by atoms with E-state index in [1.807, 2.05) is 17.7 Å². The van der Waals surface area contributed by atoms with E-state index in [1.54, 1.807) is 11.1 Å². The first-order valence-corrected chi connectivity index (χ1v) is 7.21. The number of amides is 2. The molecule has 1 aliphatic heterocycles. The number of hydrogen-bond donors (Lipinski definition) is 1. The van der Waals surface area contributed by atoms with E-state index in [0.717, 1.165) is 12.2 Å². The van der Waals surface area contributed by atoms with Crippen molar-refractivity contribution in [2.45, 2.75) is 33.2 Å². The molecule has 0 saturated carbocycles. The Morgan fingerprint density at radius 2 is 2.30 bits per heavy atom. The van der Waals surface area contributed by atoms with Crippen LogP contribution in [0.15, 0.2) is 12.4 Å². The van der Waals surface area contributed by atoms with E-state index < -0.39 is 0 Å². The summed E-state index contributed by atoms with van der Waals surface area (Å²) in [6.07, 6.45) is 4.91. The Bertz CT molecular complexity index is 483. The normalized spacial score (nSPS) is 18.6. The van der Waals surface area contributed by atoms with Crippen LogP contribution in [0, 0.1) is 5.92 Å². The lowest BCUT2D eigenvalue weighted by Crippen LogP contribution is -2.34. The van der Waals surface area contributed by atoms with Crippen molar-refractivity contribution in [2.24, 2.45) is 5.92 Å². The second-order valence-corrected chi connectivity index (χ2v) is 5.01. The second-order valence-electron chi connectivity index (χ2n) is 5.01. The maximum Gasteiger partial charge on any atom is 0.225 e. The van der Waals surface area contributed by atoms with Crippen LogP contribution in [0.3, 0.4) is 0 Å². The Hall–Kier alpha value is -1.85. The lowest BCUT2D eigenvalue weighted by molar-refractivity contribution is -0.128. The van der Waals surface area contributed by atoms with Gasteiger partial charge in [0.25, 0.3) is 0 Å². The van der Waals surface area contributed by atoms with Crippen LogP contribution in [0.5, 0.6) is 0 Å². The number of aromatic nitrogens is 2. The summed E-state index contributed by atoms with van der Waals surface area (Å²) >= 11 is 0. The number of nitrogens with one attached hydrogen (secondary N) is 1. The van der Waals surface area contributed by atoms with Crippen molar-refractivity contribution in [3.8, 4) is 0 Å². The molecule has 0 aromatic carbocycles. The molecule has 0 aliphatic carbocycles. The van der Waals surface area contributed by atoms with Gasteiger partial charge in [-0.1, -0.05) is 6.92 Å². The highest BCUT2D eigenvalue weighted by Crippen LogP contribution is 2.17. The van der Waals surface area contributed by atoms with Crippen LogP contribution in [-0.4, -0.2) is 45.9 Å². The summed E-state index contributed by atoms with van der Waals surface area (Å²) in [6.45, 7) is 6.50. The predicted octanol–water partition coefficient (Wildman–Crippen LogP) is 0.430. The van der Waals surface area contributed by atoms with E-state index in [-0.39, 0.29) is 17.7 Å². The first-order valence-electron chi connectivity index (χ1n) is 7.21. The van der Waals surface area contributed by atoms with Gasteiger partial charge in [-0.05, 0) is 6.92 Å². The van der Waals surface area contributed by atoms with E-state index in [0.29, 0.717) is 32.6 Å². The summed E-state index contributed by atoms with van der Waals surface area (Å²) in [5.74, 6) is 0.881. The number of imidazole rings is 1. The molecule has 6 heteroatoms. The minimum absolute atomic E-state index is 0.0209. The topological polar surface area (TPSA) is 67.2 Å². The smallest absolute Gasteiger partial charge is 0.225 e. The molecule has 1 N–H and O–H groups in total. The highest BCUT2D eigenvalue weighted by Gasteiger charge is 2.32. The van der Waals surface area contributed by atoms with Crippen molar-refractivity contribution in [3.05, 3.63) is 18.2 Å². The van der Waals surface area contributed by atoms with Crippen molar-refractivity contribution < 1.29 is 9.59 Å². The molecule has 0 unspecified atom stereocenters. The number of carbonyl (C=O) groups excluding carboxylic acids is 2. The molecular weight excluding hydrogens is 256 g/mol. The Kier molecular flexibility index (Phi) is 4.76. The van der Waals surface area contributed by atoms with Gasteiger partial charge in [-0.2, -0.15) is 0 Å². The van der Waals surface area contributed by atoms with Gasteiger partial charge in [-0.15, -0.1) is 0 Å². The maximum atomic E-state index is 12.0. The third-order valence-electron chi connectivity index (χ3n) is 3.74. The van der Waals surface area contributed by atoms with Crippen LogP contribution in [0.2, 0.25) is 0 Å². The van der Waals surface area contributed by atoms with Crippen molar-refractivity contribution in [3.63, 3.8) is 0 Å². The zero-order valence-electron chi connectivity index (χ0n) is 12.1. The zero-order valence-corrected chi connectivity index (χ0v) is 12.1. The van der Waals surface area contributed by atoms with Gasteiger partial charge in [-0.25, -0.2) is 4.98 Å². The largest absolute Gasteiger partial charge is 0.354 e. The molecule has 1 aliphatic rings. The maximum absolute atomic E-state index is 12.0. The van der Waals surface area contributed by atoms with E-state index >= 15 is 0 Å². The van der Waals surface area contributed by atoms with Gasteiger partial charge in [0.05, 0.1) is 5.92 Å². The molecule has 0 radical (unpaired) electrons. The van der Waals surface area contributed by atoms with E-state index in [4.69, 9.17) is 0 Å². The summed E-state index contributed by atoms with van der Waals surface area (Å²) in [6, 6.07) is 0. The van der Waals surface area contributed by atoms with E-state index in [2.05, 4.69) is 17.2 Å². The Balaban J connectivity index is 1.77. The molecular formula is C14H22N4O2. The molecule has 0 bridgehead atoms. The average molecular weight is 278 g/mol. The molecule has 2 amide bonds. The highest BCUT2D eigenvalue weighted by atomic mass is 16.2. The van der Waals surface area contributed by atoms with Crippen molar-refractivity contribution in [2.75, 3.05) is 19.6 Å². The predicted molar refractivity (Wildman–Crippen MR) is 75.0 cm³/mol. The molecule has 6 nitrogen and oxygen atoms in total.